The number of aromatic hydroxyl groups is 2. The van der Waals surface area contributed by atoms with Crippen molar-refractivity contribution in [3.05, 3.63) is 47.5 Å². The van der Waals surface area contributed by atoms with E-state index in [2.05, 4.69) is 8.73 Å². The van der Waals surface area contributed by atoms with Gasteiger partial charge in [-0.3, -0.25) is 0 Å². The summed E-state index contributed by atoms with van der Waals surface area (Å²) in [5.41, 5.74) is 1.37. The van der Waals surface area contributed by atoms with Gasteiger partial charge < -0.3 is 0 Å². The normalized spacial score (nSPS) is 16.5. The molecule has 1 fully saturated rings. The van der Waals surface area contributed by atoms with Crippen LogP contribution in [-0.4, -0.2) is 46.4 Å². The molecule has 7 heteroatoms. The molecule has 149 valence electrons. The van der Waals surface area contributed by atoms with Gasteiger partial charge in [0.2, 0.25) is 0 Å². The molecule has 0 bridgehead atoms. The van der Waals surface area contributed by atoms with Crippen LogP contribution in [0, 0.1) is 0 Å². The summed E-state index contributed by atoms with van der Waals surface area (Å²) in [6.45, 7) is 6.34. The molecular weight excluding hydrogens is 391 g/mol. The average Bonchev–Trinajstić information content (AvgIpc) is 3.11. The Kier molecular flexibility index (Phi) is 6.28. The quantitative estimate of drug-likeness (QED) is 0.576. The molecule has 0 atom stereocenters. The first-order chi connectivity index (χ1) is 13.1. The average molecular weight is 417 g/mol. The second-order valence-electron chi connectivity index (χ2n) is 5.76. The summed E-state index contributed by atoms with van der Waals surface area (Å²) in [6.07, 6.45) is 0. The SMILES string of the molecule is CCOc1cccc([CH]=[Co]2(=[CH]c3cccc(OCC)c3O)[NH]CC[NH]2)c1O. The van der Waals surface area contributed by atoms with Crippen LogP contribution in [0.4, 0.5) is 0 Å². The Labute approximate surface area is 161 Å². The van der Waals surface area contributed by atoms with Crippen molar-refractivity contribution in [3.8, 4) is 23.0 Å². The molecule has 2 aromatic carbocycles. The Morgan fingerprint density at radius 1 is 0.852 bits per heavy atom. The number of benzene rings is 2. The molecular formula is C20H26CoN2O4. The van der Waals surface area contributed by atoms with Crippen LogP contribution in [0.25, 0.3) is 0 Å². The Balaban J connectivity index is 2.13. The van der Waals surface area contributed by atoms with Crippen molar-refractivity contribution in [2.45, 2.75) is 13.8 Å². The van der Waals surface area contributed by atoms with E-state index in [0.29, 0.717) is 35.8 Å². The number of nitrogens with one attached hydrogen (secondary N) is 2. The van der Waals surface area contributed by atoms with Crippen LogP contribution in [0.3, 0.4) is 0 Å². The molecule has 4 N–H and O–H groups in total. The molecule has 27 heavy (non-hydrogen) atoms. The van der Waals surface area contributed by atoms with Crippen molar-refractivity contribution < 1.29 is 31.9 Å². The van der Waals surface area contributed by atoms with E-state index in [9.17, 15) is 10.2 Å². The van der Waals surface area contributed by atoms with E-state index in [1.54, 1.807) is 12.1 Å². The molecule has 2 aromatic rings. The fourth-order valence-corrected chi connectivity index (χ4v) is 5.94. The van der Waals surface area contributed by atoms with Gasteiger partial charge >= 0.3 is 161 Å². The molecule has 0 unspecified atom stereocenters. The maximum absolute atomic E-state index is 10.6. The van der Waals surface area contributed by atoms with Crippen LogP contribution in [-0.2, 0) is 12.2 Å². The molecule has 0 saturated carbocycles. The van der Waals surface area contributed by atoms with Gasteiger partial charge in [-0.15, -0.1) is 0 Å². The maximum atomic E-state index is 10.6. The van der Waals surface area contributed by atoms with Crippen LogP contribution in [0.5, 0.6) is 23.0 Å². The zero-order valence-electron chi connectivity index (χ0n) is 15.5. The predicted octanol–water partition coefficient (Wildman–Crippen LogP) is 2.07. The molecule has 1 heterocycles. The minimum absolute atomic E-state index is 0.120. The molecule has 3 rings (SSSR count). The zero-order chi connectivity index (χ0) is 19.3. The molecule has 0 spiro atoms. The third-order valence-corrected chi connectivity index (χ3v) is 7.19. The number of ether oxygens (including phenoxy) is 2. The van der Waals surface area contributed by atoms with E-state index >= 15 is 0 Å². The van der Waals surface area contributed by atoms with Gasteiger partial charge in [-0.05, 0) is 0 Å². The van der Waals surface area contributed by atoms with Crippen molar-refractivity contribution in [1.29, 1.82) is 0 Å². The predicted molar refractivity (Wildman–Crippen MR) is 105 cm³/mol. The third kappa shape index (κ3) is 4.39. The molecule has 0 aliphatic carbocycles. The molecule has 6 nitrogen and oxygen atoms in total. The second-order valence-corrected chi connectivity index (χ2v) is 8.91. The topological polar surface area (TPSA) is 83.0 Å². The monoisotopic (exact) mass is 417 g/mol. The van der Waals surface area contributed by atoms with Gasteiger partial charge in [-0.2, -0.15) is 0 Å². The van der Waals surface area contributed by atoms with E-state index in [4.69, 9.17) is 9.47 Å². The van der Waals surface area contributed by atoms with E-state index < -0.39 is 12.2 Å². The molecule has 0 amide bonds. The van der Waals surface area contributed by atoms with Crippen LogP contribution in [0.2, 0.25) is 0 Å². The summed E-state index contributed by atoms with van der Waals surface area (Å²) < 4.78 is 18.0. The van der Waals surface area contributed by atoms with Gasteiger partial charge in [0, 0.05) is 0 Å². The number of para-hydroxylation sites is 2. The number of hydrogen-bond donors (Lipinski definition) is 4. The molecule has 0 radical (unpaired) electrons. The van der Waals surface area contributed by atoms with E-state index in [-0.39, 0.29) is 11.5 Å². The van der Waals surface area contributed by atoms with Gasteiger partial charge in [0.1, 0.15) is 0 Å². The summed E-state index contributed by atoms with van der Waals surface area (Å²) in [5.74, 6) is 1.16. The first-order valence-electron chi connectivity index (χ1n) is 8.84. The van der Waals surface area contributed by atoms with Crippen molar-refractivity contribution in [3.63, 3.8) is 0 Å². The zero-order valence-corrected chi connectivity index (χ0v) is 16.5. The number of hydrogen-bond acceptors (Lipinski definition) is 6. The molecule has 1 saturated heterocycles. The summed E-state index contributed by atoms with van der Waals surface area (Å²) in [6, 6.07) is 10.9. The first kappa shape index (κ1) is 19.6. The van der Waals surface area contributed by atoms with E-state index in [1.165, 1.54) is 0 Å². The van der Waals surface area contributed by atoms with Gasteiger partial charge in [0.05, 0.1) is 0 Å². The second kappa shape index (κ2) is 8.66. The number of phenolic OH excluding ortho intramolecular Hbond substituents is 2. The van der Waals surface area contributed by atoms with Gasteiger partial charge in [-0.1, -0.05) is 0 Å². The Morgan fingerprint density at radius 3 is 1.70 bits per heavy atom. The fraction of sp³-hybridized carbons (Fsp3) is 0.300. The van der Waals surface area contributed by atoms with Crippen LogP contribution in [0.1, 0.15) is 25.0 Å². The summed E-state index contributed by atoms with van der Waals surface area (Å²) >= 11 is -2.08. The molecule has 1 aliphatic heterocycles. The summed E-state index contributed by atoms with van der Waals surface area (Å²) in [4.78, 5) is 4.01. The standard InChI is InChI=1S/2C9H10O2.C2H6N2.Co/c2*1-3-11-8-6-4-5-7(2)9(8)10;3-1-2-4;/h2*2,4-6,10H,3H2,1H3;3-4H,1-2H2;/q;;-2;+2. The van der Waals surface area contributed by atoms with Gasteiger partial charge in [0.15, 0.2) is 0 Å². The number of rotatable bonds is 6. The Bertz CT molecular complexity index is 854. The van der Waals surface area contributed by atoms with Crippen molar-refractivity contribution in [2.75, 3.05) is 26.3 Å². The summed E-state index contributed by atoms with van der Waals surface area (Å²) in [7, 11) is 0. The first-order valence-corrected chi connectivity index (χ1v) is 11.1. The third-order valence-electron chi connectivity index (χ3n) is 3.85. The van der Waals surface area contributed by atoms with Crippen molar-refractivity contribution in [2.24, 2.45) is 0 Å². The van der Waals surface area contributed by atoms with Gasteiger partial charge in [-0.25, -0.2) is 0 Å². The molecule has 1 aliphatic rings. The Morgan fingerprint density at radius 2 is 1.30 bits per heavy atom. The van der Waals surface area contributed by atoms with E-state index in [0.717, 1.165) is 13.1 Å². The fourth-order valence-electron chi connectivity index (χ4n) is 2.67. The van der Waals surface area contributed by atoms with Crippen LogP contribution in [0.15, 0.2) is 36.4 Å². The van der Waals surface area contributed by atoms with Gasteiger partial charge in [0.25, 0.3) is 0 Å². The van der Waals surface area contributed by atoms with Crippen molar-refractivity contribution in [1.82, 2.24) is 8.73 Å². The van der Waals surface area contributed by atoms with Crippen LogP contribution < -0.4 is 18.2 Å². The molecule has 0 aromatic heterocycles. The summed E-state index contributed by atoms with van der Waals surface area (Å²) in [5, 5.41) is 21.1. The Hall–Kier alpha value is -2.19. The van der Waals surface area contributed by atoms with Crippen molar-refractivity contribution >= 4 is 9.91 Å². The number of phenols is 2. The minimum atomic E-state index is -2.08. The van der Waals surface area contributed by atoms with E-state index in [1.807, 2.05) is 48.0 Å². The van der Waals surface area contributed by atoms with Crippen LogP contribution >= 0.6 is 0 Å².